The van der Waals surface area contributed by atoms with Crippen LogP contribution in [-0.2, 0) is 36.4 Å². The summed E-state index contributed by atoms with van der Waals surface area (Å²) in [6.07, 6.45) is 0. The Balaban J connectivity index is 2.31. The molecule has 0 spiro atoms. The summed E-state index contributed by atoms with van der Waals surface area (Å²) in [6.45, 7) is 9.88. The largest absolute Gasteiger partial charge is 0.392 e. The SMILES string of the molecule is CC(C)(C)c1ccc(C(O)(CO)C(=O)OC(=O)C(O)(CO)c2ccc(C(C)(C)C)cc2)cc1. The van der Waals surface area contributed by atoms with Gasteiger partial charge >= 0.3 is 11.9 Å². The maximum atomic E-state index is 12.7. The average Bonchev–Trinajstić information content (AvgIpc) is 2.76. The van der Waals surface area contributed by atoms with Gasteiger partial charge in [-0.05, 0) is 33.1 Å². The molecule has 7 heteroatoms. The van der Waals surface area contributed by atoms with Gasteiger partial charge in [0.1, 0.15) is 0 Å². The number of aliphatic hydroxyl groups is 4. The Bertz CT molecular complexity index is 900. The van der Waals surface area contributed by atoms with E-state index in [1.54, 1.807) is 24.3 Å². The molecule has 2 aromatic rings. The first kappa shape index (κ1) is 26.7. The van der Waals surface area contributed by atoms with Gasteiger partial charge in [-0.1, -0.05) is 90.1 Å². The van der Waals surface area contributed by atoms with Gasteiger partial charge in [0.25, 0.3) is 0 Å². The summed E-state index contributed by atoms with van der Waals surface area (Å²) in [7, 11) is 0. The lowest BCUT2D eigenvalue weighted by Crippen LogP contribution is -2.47. The monoisotopic (exact) mass is 458 g/mol. The van der Waals surface area contributed by atoms with Crippen molar-refractivity contribution >= 4 is 11.9 Å². The minimum absolute atomic E-state index is 0.0258. The van der Waals surface area contributed by atoms with Crippen LogP contribution >= 0.6 is 0 Å². The lowest BCUT2D eigenvalue weighted by Gasteiger charge is -2.28. The molecule has 0 bridgehead atoms. The minimum Gasteiger partial charge on any atom is -0.392 e. The highest BCUT2D eigenvalue weighted by Crippen LogP contribution is 2.30. The molecular weight excluding hydrogens is 424 g/mol. The van der Waals surface area contributed by atoms with Crippen molar-refractivity contribution in [1.29, 1.82) is 0 Å². The van der Waals surface area contributed by atoms with E-state index in [1.807, 2.05) is 41.5 Å². The van der Waals surface area contributed by atoms with E-state index in [1.165, 1.54) is 24.3 Å². The zero-order chi connectivity index (χ0) is 25.2. The fourth-order valence-corrected chi connectivity index (χ4v) is 3.29. The number of aliphatic hydroxyl groups excluding tert-OH is 2. The highest BCUT2D eigenvalue weighted by Gasteiger charge is 2.46. The van der Waals surface area contributed by atoms with E-state index in [0.29, 0.717) is 0 Å². The normalized spacial score (nSPS) is 15.9. The first-order chi connectivity index (χ1) is 15.1. The lowest BCUT2D eigenvalue weighted by atomic mass is 9.84. The molecule has 0 fully saturated rings. The standard InChI is InChI=1S/C26H34O7/c1-23(2,3)17-7-11-19(12-8-17)25(31,15-27)21(29)33-22(30)26(32,16-28)20-13-9-18(10-14-20)24(4,5)6/h7-14,27-28,31-32H,15-16H2,1-6H3. The third kappa shape index (κ3) is 5.50. The molecule has 2 aromatic carbocycles. The second-order valence-corrected chi connectivity index (χ2v) is 10.4. The van der Waals surface area contributed by atoms with E-state index in [9.17, 15) is 30.0 Å². The number of hydrogen-bond acceptors (Lipinski definition) is 7. The van der Waals surface area contributed by atoms with Crippen molar-refractivity contribution in [2.75, 3.05) is 13.2 Å². The molecule has 0 radical (unpaired) electrons. The van der Waals surface area contributed by atoms with E-state index in [4.69, 9.17) is 4.74 Å². The van der Waals surface area contributed by atoms with Gasteiger partial charge in [0, 0.05) is 0 Å². The molecule has 33 heavy (non-hydrogen) atoms. The lowest BCUT2D eigenvalue weighted by molar-refractivity contribution is -0.191. The van der Waals surface area contributed by atoms with Crippen LogP contribution in [0.1, 0.15) is 63.8 Å². The van der Waals surface area contributed by atoms with Crippen LogP contribution in [0.3, 0.4) is 0 Å². The third-order valence-electron chi connectivity index (χ3n) is 5.78. The first-order valence-electron chi connectivity index (χ1n) is 10.7. The number of rotatable bonds is 6. The molecule has 0 saturated heterocycles. The fourth-order valence-electron chi connectivity index (χ4n) is 3.29. The molecule has 2 unspecified atom stereocenters. The predicted octanol–water partition coefficient (Wildman–Crippen LogP) is 2.41. The number of benzene rings is 2. The van der Waals surface area contributed by atoms with E-state index in [0.717, 1.165) is 11.1 Å². The van der Waals surface area contributed by atoms with Crippen molar-refractivity contribution in [3.63, 3.8) is 0 Å². The molecule has 0 amide bonds. The Hall–Kier alpha value is -2.58. The summed E-state index contributed by atoms with van der Waals surface area (Å²) >= 11 is 0. The summed E-state index contributed by atoms with van der Waals surface area (Å²) in [5, 5.41) is 41.2. The Morgan fingerprint density at radius 1 is 0.606 bits per heavy atom. The molecule has 180 valence electrons. The van der Waals surface area contributed by atoms with Gasteiger partial charge in [-0.25, -0.2) is 9.59 Å². The molecule has 0 saturated carbocycles. The van der Waals surface area contributed by atoms with Crippen molar-refractivity contribution < 1.29 is 34.8 Å². The summed E-state index contributed by atoms with van der Waals surface area (Å²) in [5.74, 6) is -2.92. The zero-order valence-corrected chi connectivity index (χ0v) is 20.0. The van der Waals surface area contributed by atoms with Crippen LogP contribution in [0.25, 0.3) is 0 Å². The highest BCUT2D eigenvalue weighted by atomic mass is 16.6. The van der Waals surface area contributed by atoms with E-state index < -0.39 is 36.4 Å². The molecule has 0 aromatic heterocycles. The van der Waals surface area contributed by atoms with Crippen molar-refractivity contribution in [2.24, 2.45) is 0 Å². The minimum atomic E-state index is -2.53. The van der Waals surface area contributed by atoms with Crippen molar-refractivity contribution in [2.45, 2.75) is 63.6 Å². The van der Waals surface area contributed by atoms with Crippen LogP contribution in [0, 0.1) is 0 Å². The number of esters is 2. The Labute approximate surface area is 194 Å². The van der Waals surface area contributed by atoms with Crippen molar-refractivity contribution in [3.8, 4) is 0 Å². The van der Waals surface area contributed by atoms with Gasteiger partial charge in [0.15, 0.2) is 0 Å². The van der Waals surface area contributed by atoms with Crippen LogP contribution in [0.4, 0.5) is 0 Å². The number of ether oxygens (including phenoxy) is 1. The van der Waals surface area contributed by atoms with Crippen LogP contribution in [-0.4, -0.2) is 45.6 Å². The van der Waals surface area contributed by atoms with Crippen molar-refractivity contribution in [1.82, 2.24) is 0 Å². The Morgan fingerprint density at radius 3 is 1.06 bits per heavy atom. The Kier molecular flexibility index (Phi) is 7.55. The fraction of sp³-hybridized carbons (Fsp3) is 0.462. The predicted molar refractivity (Wildman–Crippen MR) is 123 cm³/mol. The number of carbonyl (C=O) groups is 2. The van der Waals surface area contributed by atoms with Crippen molar-refractivity contribution in [3.05, 3.63) is 70.8 Å². The summed E-state index contributed by atoms with van der Waals surface area (Å²) in [6, 6.07) is 12.7. The molecular formula is C26H34O7. The number of carbonyl (C=O) groups excluding carboxylic acids is 2. The molecule has 7 nitrogen and oxygen atoms in total. The molecule has 0 aliphatic carbocycles. The maximum Gasteiger partial charge on any atom is 0.353 e. The average molecular weight is 459 g/mol. The van der Waals surface area contributed by atoms with Crippen LogP contribution in [0.15, 0.2) is 48.5 Å². The van der Waals surface area contributed by atoms with Gasteiger partial charge in [-0.15, -0.1) is 0 Å². The summed E-state index contributed by atoms with van der Waals surface area (Å²) < 4.78 is 4.77. The van der Waals surface area contributed by atoms with Crippen LogP contribution in [0.2, 0.25) is 0 Å². The molecule has 0 heterocycles. The van der Waals surface area contributed by atoms with Gasteiger partial charge in [0.05, 0.1) is 13.2 Å². The summed E-state index contributed by atoms with van der Waals surface area (Å²) in [5.41, 5.74) is -3.49. The molecule has 2 rings (SSSR count). The third-order valence-corrected chi connectivity index (χ3v) is 5.78. The smallest absolute Gasteiger partial charge is 0.353 e. The quantitative estimate of drug-likeness (QED) is 0.387. The molecule has 4 N–H and O–H groups in total. The first-order valence-corrected chi connectivity index (χ1v) is 10.7. The summed E-state index contributed by atoms with van der Waals surface area (Å²) in [4.78, 5) is 25.4. The Morgan fingerprint density at radius 2 is 0.848 bits per heavy atom. The number of hydrogen-bond donors (Lipinski definition) is 4. The molecule has 0 aliphatic rings. The van der Waals surface area contributed by atoms with E-state index in [-0.39, 0.29) is 22.0 Å². The van der Waals surface area contributed by atoms with E-state index in [2.05, 4.69) is 0 Å². The van der Waals surface area contributed by atoms with Gasteiger partial charge in [-0.3, -0.25) is 0 Å². The zero-order valence-electron chi connectivity index (χ0n) is 20.0. The molecule has 0 aliphatic heterocycles. The van der Waals surface area contributed by atoms with Crippen LogP contribution in [0.5, 0.6) is 0 Å². The van der Waals surface area contributed by atoms with Gasteiger partial charge < -0.3 is 25.2 Å². The van der Waals surface area contributed by atoms with Crippen LogP contribution < -0.4 is 0 Å². The second kappa shape index (κ2) is 9.35. The molecule has 2 atom stereocenters. The van der Waals surface area contributed by atoms with Gasteiger partial charge in [0.2, 0.25) is 11.2 Å². The highest BCUT2D eigenvalue weighted by molar-refractivity contribution is 5.95. The maximum absolute atomic E-state index is 12.7. The van der Waals surface area contributed by atoms with Gasteiger partial charge in [-0.2, -0.15) is 0 Å². The topological polar surface area (TPSA) is 124 Å². The second-order valence-electron chi connectivity index (χ2n) is 10.4. The van der Waals surface area contributed by atoms with E-state index >= 15 is 0 Å².